The van der Waals surface area contributed by atoms with E-state index in [0.29, 0.717) is 0 Å². The average molecular weight is 218 g/mol. The Hall–Kier alpha value is -1.55. The van der Waals surface area contributed by atoms with Gasteiger partial charge in [0.15, 0.2) is 5.58 Å². The lowest BCUT2D eigenvalue weighted by molar-refractivity contribution is 0.169. The summed E-state index contributed by atoms with van der Waals surface area (Å²) in [6.45, 7) is 2.01. The normalized spacial score (nSPS) is 21.1. The van der Waals surface area contributed by atoms with Crippen LogP contribution in [0.25, 0.3) is 11.0 Å². The molecule has 2 heterocycles. The van der Waals surface area contributed by atoms with Crippen molar-refractivity contribution in [2.45, 2.75) is 18.9 Å². The Morgan fingerprint density at radius 2 is 2.44 bits per heavy atom. The van der Waals surface area contributed by atoms with Crippen LogP contribution >= 0.6 is 0 Å². The van der Waals surface area contributed by atoms with E-state index in [2.05, 4.69) is 10.5 Å². The molecule has 84 valence electrons. The first-order valence-electron chi connectivity index (χ1n) is 5.64. The minimum atomic E-state index is 0.259. The number of piperidine rings is 1. The highest BCUT2D eigenvalue weighted by molar-refractivity contribution is 5.82. The van der Waals surface area contributed by atoms with Gasteiger partial charge in [0.25, 0.3) is 0 Å². The van der Waals surface area contributed by atoms with Crippen molar-refractivity contribution in [2.24, 2.45) is 0 Å². The lowest BCUT2D eigenvalue weighted by Crippen LogP contribution is -2.37. The molecule has 1 fully saturated rings. The van der Waals surface area contributed by atoms with Gasteiger partial charge in [-0.25, -0.2) is 0 Å². The molecule has 1 aliphatic heterocycles. The van der Waals surface area contributed by atoms with Crippen LogP contribution in [-0.2, 0) is 0 Å². The first kappa shape index (κ1) is 9.66. The van der Waals surface area contributed by atoms with Crippen LogP contribution in [-0.4, -0.2) is 24.4 Å². The maximum Gasteiger partial charge on any atom is 0.170 e. The maximum absolute atomic E-state index is 5.96. The minimum absolute atomic E-state index is 0.259. The summed E-state index contributed by atoms with van der Waals surface area (Å²) in [5.41, 5.74) is 0.779. The molecule has 2 aromatic rings. The summed E-state index contributed by atoms with van der Waals surface area (Å²) in [5, 5.41) is 8.07. The van der Waals surface area contributed by atoms with Crippen molar-refractivity contribution in [3.05, 3.63) is 24.4 Å². The second-order valence-electron chi connectivity index (χ2n) is 4.08. The summed E-state index contributed by atoms with van der Waals surface area (Å²) in [7, 11) is 0. The molecule has 1 atom stereocenters. The molecule has 0 saturated carbocycles. The van der Waals surface area contributed by atoms with Crippen molar-refractivity contribution in [3.63, 3.8) is 0 Å². The first-order valence-corrected chi connectivity index (χ1v) is 5.64. The van der Waals surface area contributed by atoms with Crippen LogP contribution in [0.1, 0.15) is 12.8 Å². The van der Waals surface area contributed by atoms with Gasteiger partial charge < -0.3 is 14.6 Å². The Balaban J connectivity index is 1.85. The highest BCUT2D eigenvalue weighted by atomic mass is 16.5. The number of rotatable bonds is 2. The van der Waals surface area contributed by atoms with Crippen LogP contribution in [0.5, 0.6) is 5.75 Å². The molecule has 1 aromatic carbocycles. The SMILES string of the molecule is c1cc(OC2CCCNC2)c2cnoc2c1. The van der Waals surface area contributed by atoms with E-state index in [1.165, 1.54) is 6.42 Å². The van der Waals surface area contributed by atoms with E-state index in [4.69, 9.17) is 9.26 Å². The van der Waals surface area contributed by atoms with E-state index in [0.717, 1.165) is 36.2 Å². The molecule has 1 N–H and O–H groups in total. The number of hydrogen-bond donors (Lipinski definition) is 1. The van der Waals surface area contributed by atoms with Crippen LogP contribution in [0.15, 0.2) is 28.9 Å². The second kappa shape index (κ2) is 4.14. The van der Waals surface area contributed by atoms with Crippen LogP contribution < -0.4 is 10.1 Å². The number of nitrogens with zero attached hydrogens (tertiary/aromatic N) is 1. The van der Waals surface area contributed by atoms with Gasteiger partial charge in [-0.3, -0.25) is 0 Å². The van der Waals surface area contributed by atoms with Crippen molar-refractivity contribution in [2.75, 3.05) is 13.1 Å². The molecule has 1 unspecified atom stereocenters. The summed E-state index contributed by atoms with van der Waals surface area (Å²) in [6.07, 6.45) is 4.24. The molecule has 0 amide bonds. The van der Waals surface area contributed by atoms with Crippen molar-refractivity contribution in [3.8, 4) is 5.75 Å². The standard InChI is InChI=1S/C12H14N2O2/c1-4-11(10-8-14-16-12(10)5-1)15-9-3-2-6-13-7-9/h1,4-5,8-9,13H,2-3,6-7H2. The molecule has 1 aliphatic rings. The molecular weight excluding hydrogens is 204 g/mol. The Labute approximate surface area is 93.6 Å². The van der Waals surface area contributed by atoms with Crippen molar-refractivity contribution in [1.82, 2.24) is 10.5 Å². The fourth-order valence-electron chi connectivity index (χ4n) is 2.07. The fraction of sp³-hybridized carbons (Fsp3) is 0.417. The fourth-order valence-corrected chi connectivity index (χ4v) is 2.07. The second-order valence-corrected chi connectivity index (χ2v) is 4.08. The van der Waals surface area contributed by atoms with E-state index in [1.807, 2.05) is 18.2 Å². The van der Waals surface area contributed by atoms with E-state index in [-0.39, 0.29) is 6.10 Å². The Kier molecular flexibility index (Phi) is 2.50. The predicted octanol–water partition coefficient (Wildman–Crippen LogP) is 1.96. The third kappa shape index (κ3) is 1.76. The van der Waals surface area contributed by atoms with E-state index in [1.54, 1.807) is 6.20 Å². The number of hydrogen-bond acceptors (Lipinski definition) is 4. The molecule has 3 rings (SSSR count). The summed E-state index contributed by atoms with van der Waals surface area (Å²) < 4.78 is 11.1. The smallest absolute Gasteiger partial charge is 0.170 e. The van der Waals surface area contributed by atoms with Gasteiger partial charge in [-0.1, -0.05) is 11.2 Å². The van der Waals surface area contributed by atoms with Gasteiger partial charge >= 0.3 is 0 Å². The summed E-state index contributed by atoms with van der Waals surface area (Å²) >= 11 is 0. The number of nitrogens with one attached hydrogen (secondary N) is 1. The zero-order chi connectivity index (χ0) is 10.8. The topological polar surface area (TPSA) is 47.3 Å². The predicted molar refractivity (Wildman–Crippen MR) is 60.5 cm³/mol. The summed E-state index contributed by atoms with van der Waals surface area (Å²) in [5.74, 6) is 0.868. The number of ether oxygens (including phenoxy) is 1. The van der Waals surface area contributed by atoms with Gasteiger partial charge in [0, 0.05) is 6.54 Å². The van der Waals surface area contributed by atoms with Gasteiger partial charge in [-0.2, -0.15) is 0 Å². The van der Waals surface area contributed by atoms with Crippen molar-refractivity contribution >= 4 is 11.0 Å². The Morgan fingerprint density at radius 3 is 3.31 bits per heavy atom. The molecule has 4 nitrogen and oxygen atoms in total. The lowest BCUT2D eigenvalue weighted by Gasteiger charge is -2.24. The van der Waals surface area contributed by atoms with Crippen LogP contribution in [0.2, 0.25) is 0 Å². The molecule has 0 spiro atoms. The van der Waals surface area contributed by atoms with E-state index < -0.39 is 0 Å². The number of benzene rings is 1. The Morgan fingerprint density at radius 1 is 1.44 bits per heavy atom. The highest BCUT2D eigenvalue weighted by Gasteiger charge is 2.16. The maximum atomic E-state index is 5.96. The van der Waals surface area contributed by atoms with Gasteiger partial charge in [0.05, 0.1) is 11.6 Å². The molecule has 0 bridgehead atoms. The van der Waals surface area contributed by atoms with E-state index >= 15 is 0 Å². The molecule has 1 aromatic heterocycles. The average Bonchev–Trinajstić information content (AvgIpc) is 2.80. The third-order valence-electron chi connectivity index (χ3n) is 2.90. The van der Waals surface area contributed by atoms with E-state index in [9.17, 15) is 0 Å². The van der Waals surface area contributed by atoms with Crippen molar-refractivity contribution < 1.29 is 9.26 Å². The van der Waals surface area contributed by atoms with Crippen molar-refractivity contribution in [1.29, 1.82) is 0 Å². The van der Waals surface area contributed by atoms with Crippen LogP contribution in [0.4, 0.5) is 0 Å². The van der Waals surface area contributed by atoms with Gasteiger partial charge in [-0.15, -0.1) is 0 Å². The molecule has 1 saturated heterocycles. The molecule has 0 aliphatic carbocycles. The quantitative estimate of drug-likeness (QED) is 0.837. The molecular formula is C12H14N2O2. The van der Waals surface area contributed by atoms with Gasteiger partial charge in [0.2, 0.25) is 0 Å². The minimum Gasteiger partial charge on any atom is -0.488 e. The van der Waals surface area contributed by atoms with Crippen LogP contribution in [0.3, 0.4) is 0 Å². The zero-order valence-corrected chi connectivity index (χ0v) is 8.98. The summed E-state index contributed by atoms with van der Waals surface area (Å²) in [6, 6.07) is 5.79. The number of fused-ring (bicyclic) bond motifs is 1. The van der Waals surface area contributed by atoms with Gasteiger partial charge in [-0.05, 0) is 31.5 Å². The zero-order valence-electron chi connectivity index (χ0n) is 8.98. The largest absolute Gasteiger partial charge is 0.488 e. The monoisotopic (exact) mass is 218 g/mol. The third-order valence-corrected chi connectivity index (χ3v) is 2.90. The summed E-state index contributed by atoms with van der Waals surface area (Å²) in [4.78, 5) is 0. The first-order chi connectivity index (χ1) is 7.93. The lowest BCUT2D eigenvalue weighted by atomic mass is 10.1. The molecule has 0 radical (unpaired) electrons. The Bertz CT molecular complexity index is 475. The molecule has 16 heavy (non-hydrogen) atoms. The van der Waals surface area contributed by atoms with Gasteiger partial charge in [0.1, 0.15) is 11.9 Å². The number of aromatic nitrogens is 1. The van der Waals surface area contributed by atoms with Crippen LogP contribution in [0, 0.1) is 0 Å². The molecule has 4 heteroatoms. The highest BCUT2D eigenvalue weighted by Crippen LogP contribution is 2.26.